The molecule has 1 aromatic carbocycles. The van der Waals surface area contributed by atoms with Crippen molar-refractivity contribution < 1.29 is 9.90 Å². The van der Waals surface area contributed by atoms with E-state index in [0.29, 0.717) is 11.3 Å². The molecule has 0 saturated carbocycles. The molecule has 1 heterocycles. The van der Waals surface area contributed by atoms with Crippen molar-refractivity contribution in [2.75, 3.05) is 0 Å². The Balaban J connectivity index is 2.16. The van der Waals surface area contributed by atoms with Crippen molar-refractivity contribution in [1.82, 2.24) is 4.98 Å². The number of nitrogens with zero attached hydrogens (tertiary/aromatic N) is 2. The smallest absolute Gasteiger partial charge is 0.335 e. The van der Waals surface area contributed by atoms with Crippen LogP contribution in [0.4, 0.5) is 0 Å². The number of carboxylic acid groups (broad SMARTS) is 1. The van der Waals surface area contributed by atoms with Gasteiger partial charge in [-0.2, -0.15) is 5.26 Å². The number of pyridine rings is 1. The summed E-state index contributed by atoms with van der Waals surface area (Å²) in [5.41, 5.74) is 4.14. The predicted molar refractivity (Wildman–Crippen MR) is 74.1 cm³/mol. The number of fused-ring (bicyclic) bond motifs is 1. The van der Waals surface area contributed by atoms with E-state index in [1.54, 1.807) is 6.07 Å². The monoisotopic (exact) mass is 262 g/mol. The number of rotatable bonds is 2. The van der Waals surface area contributed by atoms with Gasteiger partial charge in [0, 0.05) is 11.8 Å². The molecule has 96 valence electrons. The summed E-state index contributed by atoms with van der Waals surface area (Å²) in [6, 6.07) is 8.86. The summed E-state index contributed by atoms with van der Waals surface area (Å²) in [6.07, 6.45) is 6.21. The molecule has 1 aliphatic rings. The number of nitriles is 1. The first-order chi connectivity index (χ1) is 9.69. The van der Waals surface area contributed by atoms with Gasteiger partial charge in [-0.05, 0) is 41.8 Å². The van der Waals surface area contributed by atoms with Crippen LogP contribution < -0.4 is 0 Å². The van der Waals surface area contributed by atoms with Crippen molar-refractivity contribution >= 4 is 12.0 Å². The van der Waals surface area contributed by atoms with Crippen LogP contribution in [0.15, 0.2) is 36.5 Å². The van der Waals surface area contributed by atoms with Crippen LogP contribution in [0, 0.1) is 11.3 Å². The van der Waals surface area contributed by atoms with Gasteiger partial charge >= 0.3 is 5.97 Å². The SMILES string of the molecule is N#Cc1cc(-c2cc(C(=O)O)ccn2)cc2c1CC=C2. The summed E-state index contributed by atoms with van der Waals surface area (Å²) in [7, 11) is 0. The van der Waals surface area contributed by atoms with Crippen LogP contribution in [0.3, 0.4) is 0 Å². The third-order valence-electron chi connectivity index (χ3n) is 3.33. The van der Waals surface area contributed by atoms with E-state index >= 15 is 0 Å². The minimum absolute atomic E-state index is 0.185. The van der Waals surface area contributed by atoms with Gasteiger partial charge in [0.15, 0.2) is 0 Å². The Bertz CT molecular complexity index is 786. The van der Waals surface area contributed by atoms with E-state index in [-0.39, 0.29) is 5.56 Å². The van der Waals surface area contributed by atoms with Gasteiger partial charge in [-0.15, -0.1) is 0 Å². The Hall–Kier alpha value is -2.93. The van der Waals surface area contributed by atoms with Crippen molar-refractivity contribution in [3.63, 3.8) is 0 Å². The van der Waals surface area contributed by atoms with E-state index in [1.165, 1.54) is 18.3 Å². The summed E-state index contributed by atoms with van der Waals surface area (Å²) in [4.78, 5) is 15.2. The highest BCUT2D eigenvalue weighted by Gasteiger charge is 2.14. The fourth-order valence-corrected chi connectivity index (χ4v) is 2.34. The van der Waals surface area contributed by atoms with E-state index in [2.05, 4.69) is 11.1 Å². The standard InChI is InChI=1S/C16H10N2O2/c17-9-13-7-12(6-10-2-1-3-14(10)13)15-8-11(16(19)20)4-5-18-15/h1-2,4-8H,3H2,(H,19,20). The molecule has 0 atom stereocenters. The van der Waals surface area contributed by atoms with E-state index in [4.69, 9.17) is 5.11 Å². The van der Waals surface area contributed by atoms with Gasteiger partial charge in [-0.3, -0.25) is 4.98 Å². The molecule has 0 amide bonds. The minimum Gasteiger partial charge on any atom is -0.478 e. The molecule has 4 nitrogen and oxygen atoms in total. The maximum Gasteiger partial charge on any atom is 0.335 e. The molecule has 3 rings (SSSR count). The van der Waals surface area contributed by atoms with Crippen molar-refractivity contribution in [1.29, 1.82) is 5.26 Å². The van der Waals surface area contributed by atoms with Crippen LogP contribution in [0.1, 0.15) is 27.0 Å². The Morgan fingerprint density at radius 3 is 2.95 bits per heavy atom. The lowest BCUT2D eigenvalue weighted by atomic mass is 9.98. The molecule has 1 aromatic heterocycles. The molecule has 20 heavy (non-hydrogen) atoms. The molecule has 0 aliphatic heterocycles. The lowest BCUT2D eigenvalue weighted by molar-refractivity contribution is 0.0697. The molecule has 0 saturated heterocycles. The molecule has 0 fully saturated rings. The maximum absolute atomic E-state index is 11.0. The maximum atomic E-state index is 11.0. The van der Waals surface area contributed by atoms with Crippen LogP contribution >= 0.6 is 0 Å². The third kappa shape index (κ3) is 1.95. The Labute approximate surface area is 115 Å². The van der Waals surface area contributed by atoms with Crippen molar-refractivity contribution in [2.24, 2.45) is 0 Å². The second-order valence-electron chi connectivity index (χ2n) is 4.54. The number of allylic oxidation sites excluding steroid dienone is 1. The zero-order valence-corrected chi connectivity index (χ0v) is 10.5. The van der Waals surface area contributed by atoms with Gasteiger partial charge in [0.1, 0.15) is 0 Å². The molecule has 4 heteroatoms. The first kappa shape index (κ1) is 12.1. The number of benzene rings is 1. The predicted octanol–water partition coefficient (Wildman–Crippen LogP) is 2.89. The zero-order valence-electron chi connectivity index (χ0n) is 10.5. The van der Waals surface area contributed by atoms with E-state index in [0.717, 1.165) is 23.1 Å². The summed E-state index contributed by atoms with van der Waals surface area (Å²) >= 11 is 0. The van der Waals surface area contributed by atoms with Crippen LogP contribution in [0.2, 0.25) is 0 Å². The molecule has 0 spiro atoms. The highest BCUT2D eigenvalue weighted by Crippen LogP contribution is 2.29. The van der Waals surface area contributed by atoms with Crippen molar-refractivity contribution in [2.45, 2.75) is 6.42 Å². The zero-order chi connectivity index (χ0) is 14.1. The van der Waals surface area contributed by atoms with Gasteiger partial charge in [0.2, 0.25) is 0 Å². The van der Waals surface area contributed by atoms with Gasteiger partial charge in [-0.1, -0.05) is 12.2 Å². The van der Waals surface area contributed by atoms with E-state index in [1.807, 2.05) is 18.2 Å². The third-order valence-corrected chi connectivity index (χ3v) is 3.33. The van der Waals surface area contributed by atoms with Crippen molar-refractivity contribution in [3.05, 3.63) is 58.8 Å². The minimum atomic E-state index is -0.991. The van der Waals surface area contributed by atoms with Crippen LogP contribution in [-0.4, -0.2) is 16.1 Å². The molecule has 0 bridgehead atoms. The fourth-order valence-electron chi connectivity index (χ4n) is 2.34. The summed E-state index contributed by atoms with van der Waals surface area (Å²) < 4.78 is 0. The highest BCUT2D eigenvalue weighted by atomic mass is 16.4. The van der Waals surface area contributed by atoms with Crippen LogP contribution in [0.25, 0.3) is 17.3 Å². The average Bonchev–Trinajstić information content (AvgIpc) is 2.94. The summed E-state index contributed by atoms with van der Waals surface area (Å²) in [5, 5.41) is 18.2. The number of aromatic nitrogens is 1. The Kier molecular flexibility index (Phi) is 2.81. The van der Waals surface area contributed by atoms with Gasteiger partial charge < -0.3 is 5.11 Å². The van der Waals surface area contributed by atoms with Crippen LogP contribution in [0.5, 0.6) is 0 Å². The van der Waals surface area contributed by atoms with Crippen LogP contribution in [-0.2, 0) is 6.42 Å². The summed E-state index contributed by atoms with van der Waals surface area (Å²) in [5.74, 6) is -0.991. The number of hydrogen-bond acceptors (Lipinski definition) is 3. The van der Waals surface area contributed by atoms with E-state index < -0.39 is 5.97 Å². The molecule has 1 aliphatic carbocycles. The average molecular weight is 262 g/mol. The lowest BCUT2D eigenvalue weighted by Crippen LogP contribution is -1.98. The molecule has 0 unspecified atom stereocenters. The number of aromatic carboxylic acids is 1. The topological polar surface area (TPSA) is 74.0 Å². The largest absolute Gasteiger partial charge is 0.478 e. The first-order valence-electron chi connectivity index (χ1n) is 6.12. The van der Waals surface area contributed by atoms with Gasteiger partial charge in [-0.25, -0.2) is 4.79 Å². The fraction of sp³-hybridized carbons (Fsp3) is 0.0625. The first-order valence-corrected chi connectivity index (χ1v) is 6.12. The Morgan fingerprint density at radius 1 is 1.35 bits per heavy atom. The second-order valence-corrected chi connectivity index (χ2v) is 4.54. The number of carbonyl (C=O) groups is 1. The van der Waals surface area contributed by atoms with E-state index in [9.17, 15) is 10.1 Å². The number of hydrogen-bond donors (Lipinski definition) is 1. The van der Waals surface area contributed by atoms with Crippen molar-refractivity contribution in [3.8, 4) is 17.3 Å². The van der Waals surface area contributed by atoms with Gasteiger partial charge in [0.25, 0.3) is 0 Å². The molecule has 2 aromatic rings. The summed E-state index contributed by atoms with van der Waals surface area (Å²) in [6.45, 7) is 0. The lowest BCUT2D eigenvalue weighted by Gasteiger charge is -2.07. The number of carboxylic acids is 1. The quantitative estimate of drug-likeness (QED) is 0.903. The molecule has 0 radical (unpaired) electrons. The normalized spacial score (nSPS) is 11.9. The van der Waals surface area contributed by atoms with Gasteiger partial charge in [0.05, 0.1) is 22.9 Å². The Morgan fingerprint density at radius 2 is 2.20 bits per heavy atom. The molecular weight excluding hydrogens is 252 g/mol. The molecule has 1 N–H and O–H groups in total. The highest BCUT2D eigenvalue weighted by molar-refractivity contribution is 5.89. The molecular formula is C16H10N2O2. The second kappa shape index (κ2) is 4.63.